The number of fused-ring (bicyclic) bond motifs is 3. The zero-order valence-electron chi connectivity index (χ0n) is 18.8. The van der Waals surface area contributed by atoms with Gasteiger partial charge in [0.2, 0.25) is 5.91 Å². The molecule has 0 spiro atoms. The Morgan fingerprint density at radius 3 is 2.15 bits per heavy atom. The predicted octanol–water partition coefficient (Wildman–Crippen LogP) is 2.89. The summed E-state index contributed by atoms with van der Waals surface area (Å²) in [5.41, 5.74) is 3.92. The molecule has 33 heavy (non-hydrogen) atoms. The Bertz CT molecular complexity index is 974. The highest BCUT2D eigenvalue weighted by Gasteiger charge is 2.30. The van der Waals surface area contributed by atoms with Crippen LogP contribution in [0.15, 0.2) is 48.5 Å². The third-order valence-corrected chi connectivity index (χ3v) is 5.75. The molecular formula is C25H30N2O6. The van der Waals surface area contributed by atoms with E-state index in [0.717, 1.165) is 22.3 Å². The molecule has 1 aliphatic rings. The van der Waals surface area contributed by atoms with Crippen LogP contribution in [0.25, 0.3) is 11.1 Å². The summed E-state index contributed by atoms with van der Waals surface area (Å²) in [5, 5.41) is 23.1. The molecule has 1 atom stereocenters. The van der Waals surface area contributed by atoms with E-state index in [0.29, 0.717) is 0 Å². The van der Waals surface area contributed by atoms with E-state index in [2.05, 4.69) is 22.8 Å². The predicted molar refractivity (Wildman–Crippen MR) is 123 cm³/mol. The summed E-state index contributed by atoms with van der Waals surface area (Å²) in [6.07, 6.45) is -0.639. The van der Waals surface area contributed by atoms with Crippen molar-refractivity contribution in [1.29, 1.82) is 0 Å². The maximum Gasteiger partial charge on any atom is 0.407 e. The average Bonchev–Trinajstić information content (AvgIpc) is 3.09. The van der Waals surface area contributed by atoms with Gasteiger partial charge in [-0.3, -0.25) is 4.79 Å². The molecule has 0 saturated heterocycles. The third-order valence-electron chi connectivity index (χ3n) is 5.75. The number of carbonyl (C=O) groups excluding carboxylic acids is 2. The van der Waals surface area contributed by atoms with E-state index in [9.17, 15) is 14.4 Å². The van der Waals surface area contributed by atoms with Crippen LogP contribution in [0, 0.1) is 5.41 Å². The lowest BCUT2D eigenvalue weighted by Crippen LogP contribution is -2.44. The number of alkyl carbamates (subject to hydrolysis) is 1. The molecule has 0 aliphatic heterocycles. The molecule has 2 aromatic carbocycles. The Labute approximate surface area is 193 Å². The number of carboxylic acid groups (broad SMARTS) is 1. The molecule has 0 fully saturated rings. The molecule has 0 saturated carbocycles. The first-order chi connectivity index (χ1) is 15.7. The number of aliphatic hydroxyl groups excluding tert-OH is 1. The smallest absolute Gasteiger partial charge is 0.407 e. The van der Waals surface area contributed by atoms with E-state index in [1.807, 2.05) is 36.4 Å². The molecule has 1 unspecified atom stereocenters. The van der Waals surface area contributed by atoms with Crippen LogP contribution in [-0.2, 0) is 14.3 Å². The van der Waals surface area contributed by atoms with E-state index in [1.165, 1.54) is 0 Å². The summed E-state index contributed by atoms with van der Waals surface area (Å²) in [5.74, 6) is -1.71. The Morgan fingerprint density at radius 1 is 1.03 bits per heavy atom. The van der Waals surface area contributed by atoms with Crippen molar-refractivity contribution >= 4 is 18.0 Å². The van der Waals surface area contributed by atoms with E-state index in [1.54, 1.807) is 13.8 Å². The van der Waals surface area contributed by atoms with Gasteiger partial charge >= 0.3 is 12.1 Å². The van der Waals surface area contributed by atoms with E-state index >= 15 is 0 Å². The van der Waals surface area contributed by atoms with Gasteiger partial charge in [-0.1, -0.05) is 62.4 Å². The summed E-state index contributed by atoms with van der Waals surface area (Å²) in [6, 6.07) is 15.0. The monoisotopic (exact) mass is 454 g/mol. The van der Waals surface area contributed by atoms with Crippen molar-refractivity contribution in [2.24, 2.45) is 5.41 Å². The van der Waals surface area contributed by atoms with Gasteiger partial charge in [0, 0.05) is 31.9 Å². The van der Waals surface area contributed by atoms with Crippen LogP contribution in [0.2, 0.25) is 0 Å². The third kappa shape index (κ3) is 6.10. The minimum atomic E-state index is -1.20. The number of carbonyl (C=O) groups is 3. The Hall–Kier alpha value is -3.39. The minimum absolute atomic E-state index is 0.00582. The van der Waals surface area contributed by atoms with E-state index in [4.69, 9.17) is 14.9 Å². The molecule has 2 aromatic rings. The van der Waals surface area contributed by atoms with Crippen molar-refractivity contribution in [2.75, 3.05) is 19.8 Å². The summed E-state index contributed by atoms with van der Waals surface area (Å²) >= 11 is 0. The number of nitrogens with one attached hydrogen (secondary N) is 2. The second-order valence-corrected chi connectivity index (χ2v) is 8.99. The van der Waals surface area contributed by atoms with Gasteiger partial charge in [0.05, 0.1) is 0 Å². The zero-order chi connectivity index (χ0) is 24.0. The lowest BCUT2D eigenvalue weighted by molar-refractivity contribution is -0.142. The second-order valence-electron chi connectivity index (χ2n) is 8.99. The molecule has 0 radical (unpaired) electrons. The fraction of sp³-hybridized carbons (Fsp3) is 0.400. The van der Waals surface area contributed by atoms with Gasteiger partial charge in [-0.15, -0.1) is 0 Å². The highest BCUT2D eigenvalue weighted by Crippen LogP contribution is 2.44. The van der Waals surface area contributed by atoms with Crippen molar-refractivity contribution in [2.45, 2.75) is 38.6 Å². The van der Waals surface area contributed by atoms with Gasteiger partial charge in [-0.05, 0) is 27.7 Å². The fourth-order valence-electron chi connectivity index (χ4n) is 4.09. The molecule has 176 valence electrons. The van der Waals surface area contributed by atoms with Crippen molar-refractivity contribution in [3.05, 3.63) is 59.7 Å². The van der Waals surface area contributed by atoms with Crippen LogP contribution in [-0.4, -0.2) is 54.0 Å². The number of carboxylic acids is 1. The number of hydrogen-bond acceptors (Lipinski definition) is 5. The van der Waals surface area contributed by atoms with Gasteiger partial charge < -0.3 is 25.6 Å². The molecule has 8 nitrogen and oxygen atoms in total. The van der Waals surface area contributed by atoms with E-state index in [-0.39, 0.29) is 38.5 Å². The van der Waals surface area contributed by atoms with Gasteiger partial charge in [0.15, 0.2) is 0 Å². The van der Waals surface area contributed by atoms with Crippen LogP contribution in [0.4, 0.5) is 4.79 Å². The van der Waals surface area contributed by atoms with Gasteiger partial charge in [-0.2, -0.15) is 0 Å². The number of ether oxygens (including phenoxy) is 1. The first kappa shape index (κ1) is 24.3. The number of benzene rings is 2. The van der Waals surface area contributed by atoms with Crippen LogP contribution in [0.1, 0.15) is 43.7 Å². The highest BCUT2D eigenvalue weighted by atomic mass is 16.5. The lowest BCUT2D eigenvalue weighted by atomic mass is 9.88. The van der Waals surface area contributed by atoms with Gasteiger partial charge in [0.1, 0.15) is 12.6 Å². The minimum Gasteiger partial charge on any atom is -0.480 e. The van der Waals surface area contributed by atoms with Crippen LogP contribution in [0.3, 0.4) is 0 Å². The molecule has 0 heterocycles. The Kier molecular flexibility index (Phi) is 7.71. The standard InChI is InChI=1S/C25H30N2O6/c1-25(2,13-22(29)27-21(11-12-28)23(30)31)15-26-24(32)33-14-20-18-9-5-3-7-16(18)17-8-4-6-10-19(17)20/h3-10,20-21,28H,11-15H2,1-2H3,(H,26,32)(H,27,29)(H,30,31). The molecule has 8 heteroatoms. The zero-order valence-corrected chi connectivity index (χ0v) is 18.8. The Balaban J connectivity index is 1.51. The topological polar surface area (TPSA) is 125 Å². The summed E-state index contributed by atoms with van der Waals surface area (Å²) in [4.78, 5) is 35.7. The molecule has 0 aromatic heterocycles. The number of rotatable bonds is 10. The summed E-state index contributed by atoms with van der Waals surface area (Å²) in [7, 11) is 0. The highest BCUT2D eigenvalue weighted by molar-refractivity contribution is 5.84. The molecule has 2 amide bonds. The second kappa shape index (κ2) is 10.5. The van der Waals surface area contributed by atoms with Crippen molar-refractivity contribution in [1.82, 2.24) is 10.6 Å². The van der Waals surface area contributed by atoms with Gasteiger partial charge in [0.25, 0.3) is 0 Å². The SMILES string of the molecule is CC(C)(CNC(=O)OCC1c2ccccc2-c2ccccc21)CC(=O)NC(CCO)C(=O)O. The van der Waals surface area contributed by atoms with Crippen LogP contribution >= 0.6 is 0 Å². The fourth-order valence-corrected chi connectivity index (χ4v) is 4.09. The van der Waals surface area contributed by atoms with Crippen molar-refractivity contribution in [3.63, 3.8) is 0 Å². The number of aliphatic carboxylic acids is 1. The largest absolute Gasteiger partial charge is 0.480 e. The summed E-state index contributed by atoms with van der Waals surface area (Å²) in [6.45, 7) is 3.61. The first-order valence-corrected chi connectivity index (χ1v) is 10.9. The maximum absolute atomic E-state index is 12.4. The maximum atomic E-state index is 12.4. The van der Waals surface area contributed by atoms with Crippen LogP contribution < -0.4 is 10.6 Å². The van der Waals surface area contributed by atoms with Crippen LogP contribution in [0.5, 0.6) is 0 Å². The quantitative estimate of drug-likeness (QED) is 0.438. The Morgan fingerprint density at radius 2 is 1.61 bits per heavy atom. The normalized spacial score (nSPS) is 13.5. The van der Waals surface area contributed by atoms with E-state index < -0.39 is 29.4 Å². The lowest BCUT2D eigenvalue weighted by Gasteiger charge is -2.25. The number of amides is 2. The molecule has 1 aliphatic carbocycles. The molecule has 3 rings (SSSR count). The van der Waals surface area contributed by atoms with Gasteiger partial charge in [-0.25, -0.2) is 9.59 Å². The molecule has 0 bridgehead atoms. The average molecular weight is 455 g/mol. The number of aliphatic hydroxyl groups is 1. The van der Waals surface area contributed by atoms with Crippen molar-refractivity contribution < 1.29 is 29.3 Å². The molecule has 4 N–H and O–H groups in total. The number of hydrogen-bond donors (Lipinski definition) is 4. The molecular weight excluding hydrogens is 424 g/mol. The first-order valence-electron chi connectivity index (χ1n) is 10.9. The summed E-state index contributed by atoms with van der Waals surface area (Å²) < 4.78 is 5.51. The van der Waals surface area contributed by atoms with Crippen molar-refractivity contribution in [3.8, 4) is 11.1 Å².